The lowest BCUT2D eigenvalue weighted by molar-refractivity contribution is 0.431. The fourth-order valence-corrected chi connectivity index (χ4v) is 3.55. The van der Waals surface area contributed by atoms with Crippen LogP contribution < -0.4 is 4.90 Å². The van der Waals surface area contributed by atoms with Crippen LogP contribution in [0.1, 0.15) is 44.7 Å². The normalized spacial score (nSPS) is 19.7. The Balaban J connectivity index is 2.03. The zero-order valence-corrected chi connectivity index (χ0v) is 12.8. The number of hydrogen-bond donors (Lipinski definition) is 0. The molecular formula is C16H22ClN3. The Hall–Kier alpha value is -1.22. The molecule has 3 nitrogen and oxygen atoms in total. The summed E-state index contributed by atoms with van der Waals surface area (Å²) in [6.07, 6.45) is 8.41. The number of rotatable bonds is 4. The van der Waals surface area contributed by atoms with Crippen molar-refractivity contribution < 1.29 is 0 Å². The number of anilines is 1. The van der Waals surface area contributed by atoms with Gasteiger partial charge in [0.2, 0.25) is 0 Å². The van der Waals surface area contributed by atoms with E-state index in [1.807, 2.05) is 12.1 Å². The highest BCUT2D eigenvalue weighted by atomic mass is 35.5. The van der Waals surface area contributed by atoms with Gasteiger partial charge in [0.15, 0.2) is 5.82 Å². The van der Waals surface area contributed by atoms with Gasteiger partial charge in [0.1, 0.15) is 5.65 Å². The van der Waals surface area contributed by atoms with Gasteiger partial charge in [-0.2, -0.15) is 0 Å². The molecule has 2 aromatic rings. The van der Waals surface area contributed by atoms with E-state index in [4.69, 9.17) is 16.6 Å². The molecule has 1 unspecified atom stereocenters. The van der Waals surface area contributed by atoms with E-state index in [1.54, 1.807) is 0 Å². The predicted octanol–water partition coefficient (Wildman–Crippen LogP) is 4.23. The van der Waals surface area contributed by atoms with E-state index >= 15 is 0 Å². The van der Waals surface area contributed by atoms with Crippen LogP contribution in [0.2, 0.25) is 0 Å². The zero-order valence-electron chi connectivity index (χ0n) is 12.1. The molecule has 4 heteroatoms. The quantitative estimate of drug-likeness (QED) is 0.786. The molecule has 0 saturated carbocycles. The summed E-state index contributed by atoms with van der Waals surface area (Å²) in [7, 11) is 0. The van der Waals surface area contributed by atoms with Crippen molar-refractivity contribution in [2.75, 3.05) is 11.4 Å². The molecule has 1 fully saturated rings. The molecule has 1 aliphatic heterocycles. The van der Waals surface area contributed by atoms with Crippen molar-refractivity contribution in [2.24, 2.45) is 0 Å². The van der Waals surface area contributed by atoms with Gasteiger partial charge in [0, 0.05) is 18.8 Å². The molecular weight excluding hydrogens is 270 g/mol. The van der Waals surface area contributed by atoms with E-state index in [9.17, 15) is 0 Å². The smallest absolute Gasteiger partial charge is 0.152 e. The highest BCUT2D eigenvalue weighted by molar-refractivity contribution is 6.17. The van der Waals surface area contributed by atoms with Gasteiger partial charge in [-0.1, -0.05) is 19.4 Å². The van der Waals surface area contributed by atoms with E-state index < -0.39 is 0 Å². The Morgan fingerprint density at radius 3 is 3.05 bits per heavy atom. The number of nitrogens with zero attached hydrogens (tertiary/aromatic N) is 3. The first-order chi connectivity index (χ1) is 9.85. The molecule has 0 N–H and O–H groups in total. The number of halogens is 1. The largest absolute Gasteiger partial charge is 0.352 e. The van der Waals surface area contributed by atoms with Crippen LogP contribution >= 0.6 is 11.6 Å². The third-order valence-electron chi connectivity index (χ3n) is 4.26. The highest BCUT2D eigenvalue weighted by Crippen LogP contribution is 2.30. The maximum Gasteiger partial charge on any atom is 0.152 e. The Labute approximate surface area is 125 Å². The van der Waals surface area contributed by atoms with Crippen LogP contribution in [-0.4, -0.2) is 22.0 Å². The summed E-state index contributed by atoms with van der Waals surface area (Å²) in [5.74, 6) is 1.61. The van der Waals surface area contributed by atoms with Gasteiger partial charge < -0.3 is 9.30 Å². The van der Waals surface area contributed by atoms with E-state index in [1.165, 1.54) is 32.1 Å². The van der Waals surface area contributed by atoms with Crippen LogP contribution in [0.25, 0.3) is 5.65 Å². The Morgan fingerprint density at radius 1 is 1.35 bits per heavy atom. The number of aromatic nitrogens is 2. The summed E-state index contributed by atoms with van der Waals surface area (Å²) in [4.78, 5) is 7.34. The fraction of sp³-hybridized carbons (Fsp3) is 0.562. The summed E-state index contributed by atoms with van der Waals surface area (Å²) in [5, 5.41) is 0. The average Bonchev–Trinajstić information content (AvgIpc) is 2.86. The van der Waals surface area contributed by atoms with Crippen molar-refractivity contribution in [3.63, 3.8) is 0 Å². The molecule has 108 valence electrons. The van der Waals surface area contributed by atoms with Gasteiger partial charge in [0.25, 0.3) is 0 Å². The molecule has 0 aromatic carbocycles. The SMILES string of the molecule is CCCC1CCCCN1c1nc2ccccn2c1CCl. The molecule has 2 aromatic heterocycles. The first-order valence-corrected chi connectivity index (χ1v) is 8.17. The van der Waals surface area contributed by atoms with Crippen molar-refractivity contribution in [3.05, 3.63) is 30.1 Å². The van der Waals surface area contributed by atoms with Crippen LogP contribution in [0.5, 0.6) is 0 Å². The van der Waals surface area contributed by atoms with Crippen LogP contribution in [0.15, 0.2) is 24.4 Å². The maximum atomic E-state index is 6.21. The molecule has 1 saturated heterocycles. The van der Waals surface area contributed by atoms with Gasteiger partial charge >= 0.3 is 0 Å². The van der Waals surface area contributed by atoms with Crippen molar-refractivity contribution >= 4 is 23.1 Å². The minimum absolute atomic E-state index is 0.510. The number of imidazole rings is 1. The van der Waals surface area contributed by atoms with Gasteiger partial charge in [-0.05, 0) is 37.8 Å². The maximum absolute atomic E-state index is 6.21. The molecule has 0 bridgehead atoms. The van der Waals surface area contributed by atoms with Crippen LogP contribution in [0, 0.1) is 0 Å². The molecule has 3 heterocycles. The molecule has 20 heavy (non-hydrogen) atoms. The van der Waals surface area contributed by atoms with Gasteiger partial charge in [0.05, 0.1) is 11.6 Å². The van der Waals surface area contributed by atoms with Crippen molar-refractivity contribution in [3.8, 4) is 0 Å². The molecule has 0 amide bonds. The summed E-state index contributed by atoms with van der Waals surface area (Å²) in [6, 6.07) is 6.75. The number of pyridine rings is 1. The predicted molar refractivity (Wildman–Crippen MR) is 84.6 cm³/mol. The Bertz CT molecular complexity index is 576. The second-order valence-electron chi connectivity index (χ2n) is 5.58. The standard InChI is InChI=1S/C16H22ClN3/c1-2-7-13-8-3-5-10-19(13)16-14(12-17)20-11-6-4-9-15(20)18-16/h4,6,9,11,13H,2-3,5,7-8,10,12H2,1H3. The zero-order chi connectivity index (χ0) is 13.9. The Kier molecular flexibility index (Phi) is 4.16. The van der Waals surface area contributed by atoms with Crippen LogP contribution in [0.3, 0.4) is 0 Å². The molecule has 1 atom stereocenters. The van der Waals surface area contributed by atoms with Crippen LogP contribution in [-0.2, 0) is 5.88 Å². The van der Waals surface area contributed by atoms with Crippen molar-refractivity contribution in [1.82, 2.24) is 9.38 Å². The average molecular weight is 292 g/mol. The third kappa shape index (κ3) is 2.39. The number of hydrogen-bond acceptors (Lipinski definition) is 2. The second kappa shape index (κ2) is 6.04. The fourth-order valence-electron chi connectivity index (χ4n) is 3.30. The summed E-state index contributed by atoms with van der Waals surface area (Å²) in [6.45, 7) is 3.37. The second-order valence-corrected chi connectivity index (χ2v) is 5.84. The van der Waals surface area contributed by atoms with Crippen molar-refractivity contribution in [2.45, 2.75) is 50.9 Å². The monoisotopic (exact) mass is 291 g/mol. The van der Waals surface area contributed by atoms with E-state index in [0.29, 0.717) is 11.9 Å². The van der Waals surface area contributed by atoms with Gasteiger partial charge in [-0.15, -0.1) is 11.6 Å². The molecule has 3 rings (SSSR count). The minimum Gasteiger partial charge on any atom is -0.352 e. The lowest BCUT2D eigenvalue weighted by atomic mass is 9.98. The molecule has 0 aliphatic carbocycles. The van der Waals surface area contributed by atoms with Gasteiger partial charge in [-0.3, -0.25) is 0 Å². The van der Waals surface area contributed by atoms with Gasteiger partial charge in [-0.25, -0.2) is 4.98 Å². The number of fused-ring (bicyclic) bond motifs is 1. The summed E-state index contributed by atoms with van der Waals surface area (Å²) in [5.41, 5.74) is 2.13. The lowest BCUT2D eigenvalue weighted by Crippen LogP contribution is -2.40. The molecule has 1 aliphatic rings. The molecule has 0 spiro atoms. The number of piperidine rings is 1. The molecule has 0 radical (unpaired) electrons. The first-order valence-electron chi connectivity index (χ1n) is 7.63. The van der Waals surface area contributed by atoms with E-state index in [0.717, 1.165) is 23.7 Å². The highest BCUT2D eigenvalue weighted by Gasteiger charge is 2.26. The third-order valence-corrected chi connectivity index (χ3v) is 4.51. The Morgan fingerprint density at radius 2 is 2.25 bits per heavy atom. The lowest BCUT2D eigenvalue weighted by Gasteiger charge is -2.36. The van der Waals surface area contributed by atoms with E-state index in [-0.39, 0.29) is 0 Å². The van der Waals surface area contributed by atoms with Crippen LogP contribution in [0.4, 0.5) is 5.82 Å². The summed E-state index contributed by atoms with van der Waals surface area (Å²) < 4.78 is 2.12. The van der Waals surface area contributed by atoms with E-state index in [2.05, 4.69) is 28.5 Å². The number of alkyl halides is 1. The minimum atomic E-state index is 0.510. The van der Waals surface area contributed by atoms with Crippen molar-refractivity contribution in [1.29, 1.82) is 0 Å². The topological polar surface area (TPSA) is 20.5 Å². The first kappa shape index (κ1) is 13.7. The summed E-state index contributed by atoms with van der Waals surface area (Å²) >= 11 is 6.21.